The zero-order valence-electron chi connectivity index (χ0n) is 12.6. The van der Waals surface area contributed by atoms with Crippen molar-refractivity contribution in [2.24, 2.45) is 0 Å². The number of nitro groups is 1. The first kappa shape index (κ1) is 20.8. The second kappa shape index (κ2) is 8.73. The third kappa shape index (κ3) is 7.91. The number of carbonyl (C=O) groups is 1. The van der Waals surface area contributed by atoms with Crippen LogP contribution in [0.1, 0.15) is 0 Å². The average molecular weight is 385 g/mol. The minimum atomic E-state index is -4.55. The largest absolute Gasteiger partial charge is 0.411 e. The molecule has 25 heavy (non-hydrogen) atoms. The van der Waals surface area contributed by atoms with Gasteiger partial charge in [0.25, 0.3) is 5.69 Å². The Balaban J connectivity index is 2.41. The van der Waals surface area contributed by atoms with E-state index in [2.05, 4.69) is 14.8 Å². The van der Waals surface area contributed by atoms with Gasteiger partial charge in [0.1, 0.15) is 13.2 Å². The van der Waals surface area contributed by atoms with Crippen LogP contribution in [0, 0.1) is 10.1 Å². The SMILES string of the molecule is O=C(COCC(F)(F)F)NCCNS(=O)(=O)c1cccc([N+](=O)[O-])c1. The number of ether oxygens (including phenoxy) is 1. The fraction of sp³-hybridized carbons (Fsp3) is 0.417. The van der Waals surface area contributed by atoms with Crippen LogP contribution in [0.5, 0.6) is 0 Å². The van der Waals surface area contributed by atoms with E-state index in [0.29, 0.717) is 0 Å². The molecular formula is C12H14F3N3O6S. The van der Waals surface area contributed by atoms with Gasteiger partial charge in [0, 0.05) is 25.2 Å². The zero-order valence-corrected chi connectivity index (χ0v) is 13.4. The summed E-state index contributed by atoms with van der Waals surface area (Å²) in [7, 11) is -4.04. The molecule has 13 heteroatoms. The first-order valence-corrected chi connectivity index (χ1v) is 8.15. The van der Waals surface area contributed by atoms with Gasteiger partial charge in [-0.15, -0.1) is 0 Å². The number of benzene rings is 1. The molecule has 1 aromatic carbocycles. The maximum absolute atomic E-state index is 11.9. The van der Waals surface area contributed by atoms with Crippen LogP contribution < -0.4 is 10.0 Å². The van der Waals surface area contributed by atoms with Gasteiger partial charge in [-0.25, -0.2) is 13.1 Å². The zero-order chi connectivity index (χ0) is 19.1. The number of hydrogen-bond acceptors (Lipinski definition) is 6. The standard InChI is InChI=1S/C12H14F3N3O6S/c13-12(14,15)8-24-7-11(19)16-4-5-17-25(22,23)10-3-1-2-9(6-10)18(20)21/h1-3,6,17H,4-5,7-8H2,(H,16,19). The number of carbonyl (C=O) groups excluding carboxylic acids is 1. The summed E-state index contributed by atoms with van der Waals surface area (Å²) in [6.45, 7) is -2.87. The average Bonchev–Trinajstić information content (AvgIpc) is 2.50. The minimum absolute atomic E-state index is 0.206. The maximum atomic E-state index is 11.9. The molecule has 1 amide bonds. The molecule has 0 spiro atoms. The lowest BCUT2D eigenvalue weighted by molar-refractivity contribution is -0.385. The normalized spacial score (nSPS) is 12.0. The van der Waals surface area contributed by atoms with E-state index < -0.39 is 45.9 Å². The van der Waals surface area contributed by atoms with Gasteiger partial charge >= 0.3 is 6.18 Å². The van der Waals surface area contributed by atoms with Crippen LogP contribution in [0.3, 0.4) is 0 Å². The van der Waals surface area contributed by atoms with Crippen LogP contribution in [-0.4, -0.2) is 51.7 Å². The van der Waals surface area contributed by atoms with E-state index in [1.165, 1.54) is 6.07 Å². The number of halogens is 3. The van der Waals surface area contributed by atoms with E-state index in [9.17, 15) is 36.5 Å². The molecule has 0 aromatic heterocycles. The summed E-state index contributed by atoms with van der Waals surface area (Å²) in [5, 5.41) is 12.8. The van der Waals surface area contributed by atoms with Gasteiger partial charge in [-0.2, -0.15) is 13.2 Å². The number of nitro benzene ring substituents is 1. The van der Waals surface area contributed by atoms with Crippen molar-refractivity contribution in [1.82, 2.24) is 10.0 Å². The monoisotopic (exact) mass is 385 g/mol. The topological polar surface area (TPSA) is 128 Å². The Hall–Kier alpha value is -2.25. The predicted molar refractivity (Wildman–Crippen MR) is 78.2 cm³/mol. The predicted octanol–water partition coefficient (Wildman–Crippen LogP) is 0.568. The first-order valence-electron chi connectivity index (χ1n) is 6.66. The van der Waals surface area contributed by atoms with Crippen molar-refractivity contribution in [2.75, 3.05) is 26.3 Å². The molecule has 1 aromatic rings. The lowest BCUT2D eigenvalue weighted by Gasteiger charge is -2.09. The number of alkyl halides is 3. The number of sulfonamides is 1. The molecule has 0 atom stereocenters. The van der Waals surface area contributed by atoms with Crippen molar-refractivity contribution in [2.45, 2.75) is 11.1 Å². The summed E-state index contributed by atoms with van der Waals surface area (Å²) in [6, 6.07) is 4.34. The van der Waals surface area contributed by atoms with Crippen molar-refractivity contribution >= 4 is 21.6 Å². The highest BCUT2D eigenvalue weighted by molar-refractivity contribution is 7.89. The summed E-state index contributed by atoms with van der Waals surface area (Å²) in [5.41, 5.74) is -0.405. The molecule has 0 fully saturated rings. The molecule has 140 valence electrons. The van der Waals surface area contributed by atoms with E-state index >= 15 is 0 Å². The van der Waals surface area contributed by atoms with E-state index in [1.54, 1.807) is 0 Å². The van der Waals surface area contributed by atoms with Gasteiger partial charge < -0.3 is 10.1 Å². The van der Waals surface area contributed by atoms with Crippen molar-refractivity contribution in [3.8, 4) is 0 Å². The highest BCUT2D eigenvalue weighted by Crippen LogP contribution is 2.17. The van der Waals surface area contributed by atoms with Crippen LogP contribution in [0.25, 0.3) is 0 Å². The Morgan fingerprint density at radius 3 is 2.56 bits per heavy atom. The van der Waals surface area contributed by atoms with Crippen LogP contribution in [-0.2, 0) is 19.6 Å². The quantitative estimate of drug-likeness (QED) is 0.363. The molecule has 0 heterocycles. The summed E-state index contributed by atoms with van der Waals surface area (Å²) < 4.78 is 65.5. The Labute approximate surface area is 140 Å². The molecule has 0 aliphatic heterocycles. The molecule has 0 saturated carbocycles. The number of nitrogens with zero attached hydrogens (tertiary/aromatic N) is 1. The van der Waals surface area contributed by atoms with Crippen LogP contribution >= 0.6 is 0 Å². The van der Waals surface area contributed by atoms with Gasteiger partial charge in [-0.05, 0) is 6.07 Å². The molecule has 0 aliphatic carbocycles. The molecule has 0 saturated heterocycles. The van der Waals surface area contributed by atoms with E-state index in [-0.39, 0.29) is 18.0 Å². The Kier molecular flexibility index (Phi) is 7.26. The molecule has 1 rings (SSSR count). The fourth-order valence-electron chi connectivity index (χ4n) is 1.55. The molecule has 0 aliphatic rings. The third-order valence-corrected chi connectivity index (χ3v) is 4.04. The second-order valence-electron chi connectivity index (χ2n) is 4.61. The molecular weight excluding hydrogens is 371 g/mol. The summed E-state index contributed by atoms with van der Waals surface area (Å²) in [4.78, 5) is 20.7. The van der Waals surface area contributed by atoms with Crippen molar-refractivity contribution in [3.63, 3.8) is 0 Å². The lowest BCUT2D eigenvalue weighted by Crippen LogP contribution is -2.36. The first-order chi connectivity index (χ1) is 11.5. The summed E-state index contributed by atoms with van der Waals surface area (Å²) >= 11 is 0. The number of nitrogens with one attached hydrogen (secondary N) is 2. The Morgan fingerprint density at radius 2 is 1.96 bits per heavy atom. The smallest absolute Gasteiger partial charge is 0.362 e. The number of amides is 1. The number of non-ortho nitro benzene ring substituents is 1. The van der Waals surface area contributed by atoms with Crippen LogP contribution in [0.2, 0.25) is 0 Å². The highest BCUT2D eigenvalue weighted by atomic mass is 32.2. The Bertz CT molecular complexity index is 723. The molecule has 2 N–H and O–H groups in total. The summed E-state index contributed by atoms with van der Waals surface area (Å²) in [6.07, 6.45) is -4.55. The van der Waals surface area contributed by atoms with Crippen LogP contribution in [0.15, 0.2) is 29.2 Å². The maximum Gasteiger partial charge on any atom is 0.411 e. The second-order valence-corrected chi connectivity index (χ2v) is 6.38. The van der Waals surface area contributed by atoms with E-state index in [1.807, 2.05) is 0 Å². The van der Waals surface area contributed by atoms with E-state index in [0.717, 1.165) is 18.2 Å². The third-order valence-electron chi connectivity index (χ3n) is 2.58. The molecule has 9 nitrogen and oxygen atoms in total. The van der Waals surface area contributed by atoms with Gasteiger partial charge in [-0.1, -0.05) is 6.07 Å². The summed E-state index contributed by atoms with van der Waals surface area (Å²) in [5.74, 6) is -0.848. The van der Waals surface area contributed by atoms with Crippen molar-refractivity contribution < 1.29 is 36.0 Å². The van der Waals surface area contributed by atoms with Gasteiger partial charge in [0.2, 0.25) is 15.9 Å². The van der Waals surface area contributed by atoms with Gasteiger partial charge in [0.15, 0.2) is 0 Å². The van der Waals surface area contributed by atoms with Crippen LogP contribution in [0.4, 0.5) is 18.9 Å². The molecule has 0 unspecified atom stereocenters. The fourth-order valence-corrected chi connectivity index (χ4v) is 2.62. The number of rotatable bonds is 9. The minimum Gasteiger partial charge on any atom is -0.362 e. The van der Waals surface area contributed by atoms with Gasteiger partial charge in [0.05, 0.1) is 9.82 Å². The molecule has 0 bridgehead atoms. The van der Waals surface area contributed by atoms with Gasteiger partial charge in [-0.3, -0.25) is 14.9 Å². The number of hydrogen-bond donors (Lipinski definition) is 2. The molecule has 0 radical (unpaired) electrons. The lowest BCUT2D eigenvalue weighted by atomic mass is 10.3. The highest BCUT2D eigenvalue weighted by Gasteiger charge is 2.27. The van der Waals surface area contributed by atoms with Crippen molar-refractivity contribution in [3.05, 3.63) is 34.4 Å². The Morgan fingerprint density at radius 1 is 1.28 bits per heavy atom. The van der Waals surface area contributed by atoms with E-state index in [4.69, 9.17) is 0 Å². The van der Waals surface area contributed by atoms with Crippen molar-refractivity contribution in [1.29, 1.82) is 0 Å².